The van der Waals surface area contributed by atoms with Crippen LogP contribution in [0.4, 0.5) is 0 Å². The van der Waals surface area contributed by atoms with Crippen molar-refractivity contribution in [1.29, 1.82) is 0 Å². The maximum Gasteiger partial charge on any atom is 0.286 e. The van der Waals surface area contributed by atoms with Gasteiger partial charge in [-0.25, -0.2) is 4.58 Å². The van der Waals surface area contributed by atoms with E-state index in [0.717, 1.165) is 5.70 Å². The van der Waals surface area contributed by atoms with E-state index in [1.807, 2.05) is 32.2 Å². The van der Waals surface area contributed by atoms with Gasteiger partial charge < -0.3 is 0 Å². The summed E-state index contributed by atoms with van der Waals surface area (Å²) >= 11 is 0. The summed E-state index contributed by atoms with van der Waals surface area (Å²) in [5.74, 6) is 0. The summed E-state index contributed by atoms with van der Waals surface area (Å²) in [4.78, 5) is 4.14. The van der Waals surface area contributed by atoms with Crippen LogP contribution in [0.1, 0.15) is 6.92 Å². The van der Waals surface area contributed by atoms with Crippen LogP contribution in [0.3, 0.4) is 0 Å². The highest BCUT2D eigenvalue weighted by molar-refractivity contribution is 5.50. The molecule has 0 aliphatic carbocycles. The molecule has 0 heterocycles. The van der Waals surface area contributed by atoms with Gasteiger partial charge in [-0.3, -0.25) is 0 Å². The van der Waals surface area contributed by atoms with Crippen molar-refractivity contribution in [1.82, 2.24) is 0 Å². The highest BCUT2D eigenvalue weighted by Gasteiger charge is 1.91. The first-order valence-electron chi connectivity index (χ1n) is 3.73. The molecule has 12 heavy (non-hydrogen) atoms. The number of allylic oxidation sites excluding steroid dienone is 4. The Balaban J connectivity index is 4.29. The molecule has 0 aliphatic heterocycles. The standard InChI is InChI=1S/C10H15N2/c1-5-7-8-10(6-2)11-9-12(3)4/h5-9H,1,3H2,2,4H3/q+1/b8-7-,10-6-,11-9-. The highest BCUT2D eigenvalue weighted by Crippen LogP contribution is 1.97. The molecule has 0 aromatic rings. The van der Waals surface area contributed by atoms with Crippen LogP contribution in [0.5, 0.6) is 0 Å². The SMILES string of the molecule is C=C\C=C/C(=C/C)/N=C\[N+](=C)C. The van der Waals surface area contributed by atoms with Crippen molar-refractivity contribution in [2.75, 3.05) is 7.05 Å². The first kappa shape index (κ1) is 10.6. The van der Waals surface area contributed by atoms with Crippen molar-refractivity contribution in [2.24, 2.45) is 4.99 Å². The van der Waals surface area contributed by atoms with Crippen molar-refractivity contribution in [3.05, 3.63) is 36.6 Å². The number of nitrogens with zero attached hydrogens (tertiary/aromatic N) is 2. The topological polar surface area (TPSA) is 15.4 Å². The van der Waals surface area contributed by atoms with Gasteiger partial charge in [-0.15, -0.1) is 0 Å². The van der Waals surface area contributed by atoms with Crippen LogP contribution in [0.15, 0.2) is 41.6 Å². The Labute approximate surface area is 74.0 Å². The summed E-state index contributed by atoms with van der Waals surface area (Å²) in [6.07, 6.45) is 9.01. The largest absolute Gasteiger partial charge is 0.286 e. The van der Waals surface area contributed by atoms with Crippen LogP contribution in [-0.2, 0) is 0 Å². The van der Waals surface area contributed by atoms with Gasteiger partial charge in [-0.05, 0) is 24.1 Å². The lowest BCUT2D eigenvalue weighted by Crippen LogP contribution is -1.96. The molecule has 0 radical (unpaired) electrons. The van der Waals surface area contributed by atoms with Gasteiger partial charge >= 0.3 is 0 Å². The summed E-state index contributed by atoms with van der Waals surface area (Å²) in [6.45, 7) is 9.14. The average molecular weight is 163 g/mol. The fraction of sp³-hybridized carbons (Fsp3) is 0.200. The van der Waals surface area contributed by atoms with E-state index in [9.17, 15) is 0 Å². The molecule has 0 amide bonds. The lowest BCUT2D eigenvalue weighted by atomic mass is 10.3. The van der Waals surface area contributed by atoms with Gasteiger partial charge in [0.1, 0.15) is 0 Å². The van der Waals surface area contributed by atoms with E-state index < -0.39 is 0 Å². The van der Waals surface area contributed by atoms with Crippen molar-refractivity contribution in [2.45, 2.75) is 6.92 Å². The maximum atomic E-state index is 4.14. The van der Waals surface area contributed by atoms with Gasteiger partial charge in [0.15, 0.2) is 5.70 Å². The summed E-state index contributed by atoms with van der Waals surface area (Å²) < 4.78 is 1.64. The molecule has 64 valence electrons. The minimum absolute atomic E-state index is 0.894. The van der Waals surface area contributed by atoms with Gasteiger partial charge in [0, 0.05) is 0 Å². The Hall–Kier alpha value is -1.44. The summed E-state index contributed by atoms with van der Waals surface area (Å²) in [7, 11) is 1.83. The lowest BCUT2D eigenvalue weighted by Gasteiger charge is -1.82. The van der Waals surface area contributed by atoms with E-state index in [1.165, 1.54) is 0 Å². The number of hydrogen-bond donors (Lipinski definition) is 0. The second-order valence-electron chi connectivity index (χ2n) is 2.31. The fourth-order valence-electron chi connectivity index (χ4n) is 0.546. The van der Waals surface area contributed by atoms with Crippen LogP contribution in [-0.4, -0.2) is 24.7 Å². The molecule has 0 spiro atoms. The zero-order valence-electron chi connectivity index (χ0n) is 7.70. The van der Waals surface area contributed by atoms with Crippen LogP contribution in [0.2, 0.25) is 0 Å². The summed E-state index contributed by atoms with van der Waals surface area (Å²) in [5.41, 5.74) is 0.894. The fourth-order valence-corrected chi connectivity index (χ4v) is 0.546. The maximum absolute atomic E-state index is 4.14. The van der Waals surface area contributed by atoms with Gasteiger partial charge in [-0.1, -0.05) is 18.7 Å². The average Bonchev–Trinajstić information content (AvgIpc) is 2.05. The van der Waals surface area contributed by atoms with Gasteiger partial charge in [-0.2, -0.15) is 0 Å². The van der Waals surface area contributed by atoms with Crippen LogP contribution < -0.4 is 0 Å². The van der Waals surface area contributed by atoms with Gasteiger partial charge in [0.25, 0.3) is 6.34 Å². The Bertz CT molecular complexity index is 245. The number of hydrogen-bond acceptors (Lipinski definition) is 1. The second-order valence-corrected chi connectivity index (χ2v) is 2.31. The first-order chi connectivity index (χ1) is 5.70. The molecule has 0 bridgehead atoms. The van der Waals surface area contributed by atoms with E-state index in [2.05, 4.69) is 18.3 Å². The molecule has 0 atom stereocenters. The summed E-state index contributed by atoms with van der Waals surface area (Å²) in [5, 5.41) is 0. The van der Waals surface area contributed by atoms with Crippen LogP contribution in [0, 0.1) is 0 Å². The third-order valence-corrected chi connectivity index (χ3v) is 1.10. The second kappa shape index (κ2) is 6.28. The van der Waals surface area contributed by atoms with E-state index >= 15 is 0 Å². The third-order valence-electron chi connectivity index (χ3n) is 1.10. The van der Waals surface area contributed by atoms with Gasteiger partial charge in [0.2, 0.25) is 0 Å². The summed E-state index contributed by atoms with van der Waals surface area (Å²) in [6, 6.07) is 0. The highest BCUT2D eigenvalue weighted by atomic mass is 15.0. The molecule has 0 N–H and O–H groups in total. The lowest BCUT2D eigenvalue weighted by molar-refractivity contribution is -0.349. The minimum atomic E-state index is 0.894. The zero-order valence-corrected chi connectivity index (χ0v) is 7.70. The predicted octanol–water partition coefficient (Wildman–Crippen LogP) is 2.00. The molecular formula is C10H15N2+. The monoisotopic (exact) mass is 163 g/mol. The van der Waals surface area contributed by atoms with E-state index in [4.69, 9.17) is 0 Å². The zero-order chi connectivity index (χ0) is 9.40. The molecule has 2 heteroatoms. The van der Waals surface area contributed by atoms with Crippen molar-refractivity contribution in [3.8, 4) is 0 Å². The molecule has 0 aliphatic rings. The molecule has 0 aromatic carbocycles. The molecule has 0 saturated heterocycles. The molecule has 0 fully saturated rings. The normalized spacial score (nSPS) is 12.7. The van der Waals surface area contributed by atoms with Crippen LogP contribution in [0.25, 0.3) is 0 Å². The van der Waals surface area contributed by atoms with Gasteiger partial charge in [0.05, 0.1) is 13.8 Å². The Morgan fingerprint density at radius 1 is 1.50 bits per heavy atom. The van der Waals surface area contributed by atoms with E-state index in [0.29, 0.717) is 0 Å². The molecule has 0 aromatic heterocycles. The molecule has 0 rings (SSSR count). The Morgan fingerprint density at radius 3 is 2.58 bits per heavy atom. The van der Waals surface area contributed by atoms with Crippen molar-refractivity contribution in [3.63, 3.8) is 0 Å². The van der Waals surface area contributed by atoms with Crippen molar-refractivity contribution >= 4 is 13.1 Å². The van der Waals surface area contributed by atoms with E-state index in [1.54, 1.807) is 17.0 Å². The third kappa shape index (κ3) is 5.35. The first-order valence-corrected chi connectivity index (χ1v) is 3.73. The number of aliphatic imine (C=N–C) groups is 1. The Morgan fingerprint density at radius 2 is 2.17 bits per heavy atom. The Kier molecular flexibility index (Phi) is 5.53. The quantitative estimate of drug-likeness (QED) is 0.261. The molecule has 0 saturated carbocycles. The van der Waals surface area contributed by atoms with Crippen LogP contribution >= 0.6 is 0 Å². The molecule has 0 unspecified atom stereocenters. The predicted molar refractivity (Wildman–Crippen MR) is 54.9 cm³/mol. The smallest absolute Gasteiger partial charge is 0.247 e. The minimum Gasteiger partial charge on any atom is -0.247 e. The van der Waals surface area contributed by atoms with Crippen molar-refractivity contribution < 1.29 is 4.58 Å². The molecular weight excluding hydrogens is 148 g/mol. The van der Waals surface area contributed by atoms with E-state index in [-0.39, 0.29) is 0 Å². The number of rotatable bonds is 4. The molecule has 2 nitrogen and oxygen atoms in total.